The first-order chi connectivity index (χ1) is 10.6. The Bertz CT molecular complexity index is 507. The third-order valence-corrected chi connectivity index (χ3v) is 3.85. The fourth-order valence-electron chi connectivity index (χ4n) is 1.61. The highest BCUT2D eigenvalue weighted by atomic mass is 32.2. The van der Waals surface area contributed by atoms with Crippen LogP contribution in [0.15, 0.2) is 30.3 Å². The van der Waals surface area contributed by atoms with Crippen LogP contribution < -0.4 is 0 Å². The van der Waals surface area contributed by atoms with E-state index in [-0.39, 0.29) is 5.75 Å². The van der Waals surface area contributed by atoms with E-state index in [4.69, 9.17) is 0 Å². The van der Waals surface area contributed by atoms with Crippen LogP contribution in [-0.2, 0) is 0 Å². The quantitative estimate of drug-likeness (QED) is 0.590. The molecule has 23 heavy (non-hydrogen) atoms. The van der Waals surface area contributed by atoms with E-state index in [0.717, 1.165) is 0 Å². The van der Waals surface area contributed by atoms with Crippen molar-refractivity contribution in [3.63, 3.8) is 0 Å². The molecule has 0 aliphatic heterocycles. The van der Waals surface area contributed by atoms with Crippen LogP contribution in [0.1, 0.15) is 23.2 Å². The summed E-state index contributed by atoms with van der Waals surface area (Å²) < 4.78 is 88.4. The number of halogens is 7. The summed E-state index contributed by atoms with van der Waals surface area (Å²) in [6, 6.07) is 7.86. The van der Waals surface area contributed by atoms with Crippen molar-refractivity contribution in [1.29, 1.82) is 0 Å². The summed E-state index contributed by atoms with van der Waals surface area (Å²) in [4.78, 5) is 11.6. The van der Waals surface area contributed by atoms with Crippen molar-refractivity contribution >= 4 is 16.9 Å². The van der Waals surface area contributed by atoms with Crippen molar-refractivity contribution in [2.75, 3.05) is 5.75 Å². The van der Waals surface area contributed by atoms with E-state index in [1.807, 2.05) is 0 Å². The van der Waals surface area contributed by atoms with Gasteiger partial charge in [-0.3, -0.25) is 4.79 Å². The molecule has 130 valence electrons. The highest BCUT2D eigenvalue weighted by molar-refractivity contribution is 8.14. The molecule has 0 bridgehead atoms. The van der Waals surface area contributed by atoms with Gasteiger partial charge in [-0.1, -0.05) is 42.1 Å². The first-order valence-electron chi connectivity index (χ1n) is 6.48. The Balaban J connectivity index is 2.45. The van der Waals surface area contributed by atoms with Crippen molar-refractivity contribution in [3.8, 4) is 0 Å². The number of carbonyl (C=O) groups excluding carboxylic acids is 1. The van der Waals surface area contributed by atoms with Gasteiger partial charge in [0.05, 0.1) is 0 Å². The maximum Gasteiger partial charge on any atom is 0.369 e. The lowest BCUT2D eigenvalue weighted by molar-refractivity contribution is -0.269. The van der Waals surface area contributed by atoms with E-state index in [0.29, 0.717) is 17.3 Å². The SMILES string of the molecule is O=C(SCCC(F)CC(F)(F)C(F)(F)C(F)F)c1ccccc1. The standard InChI is InChI=1S/C14H13F7OS/c15-10(8-13(18,19)14(20,21)12(16)17)6-7-23-11(22)9-4-2-1-3-5-9/h1-5,10,12H,6-8H2. The third kappa shape index (κ3) is 5.40. The first kappa shape index (κ1) is 19.8. The van der Waals surface area contributed by atoms with Crippen molar-refractivity contribution in [2.45, 2.75) is 37.3 Å². The van der Waals surface area contributed by atoms with Crippen molar-refractivity contribution in [2.24, 2.45) is 0 Å². The summed E-state index contributed by atoms with van der Waals surface area (Å²) in [5, 5.41) is -0.428. The Morgan fingerprint density at radius 1 is 1.04 bits per heavy atom. The molecule has 1 aromatic rings. The van der Waals surface area contributed by atoms with Gasteiger partial charge in [-0.2, -0.15) is 17.6 Å². The van der Waals surface area contributed by atoms with Crippen LogP contribution in [0.4, 0.5) is 30.7 Å². The molecule has 0 aromatic heterocycles. The molecule has 0 N–H and O–H groups in total. The van der Waals surface area contributed by atoms with Gasteiger partial charge >= 0.3 is 18.3 Å². The monoisotopic (exact) mass is 362 g/mol. The lowest BCUT2D eigenvalue weighted by atomic mass is 10.0. The molecule has 0 saturated carbocycles. The van der Waals surface area contributed by atoms with E-state index in [9.17, 15) is 35.5 Å². The molecule has 0 heterocycles. The number of rotatable bonds is 8. The maximum atomic E-state index is 13.4. The van der Waals surface area contributed by atoms with Crippen molar-refractivity contribution in [1.82, 2.24) is 0 Å². The summed E-state index contributed by atoms with van der Waals surface area (Å²) in [7, 11) is 0. The summed E-state index contributed by atoms with van der Waals surface area (Å²) in [6.45, 7) is 0. The second-order valence-corrected chi connectivity index (χ2v) is 5.79. The highest BCUT2D eigenvalue weighted by Gasteiger charge is 2.63. The molecule has 1 atom stereocenters. The fraction of sp³-hybridized carbons (Fsp3) is 0.500. The minimum atomic E-state index is -5.59. The number of hydrogen-bond acceptors (Lipinski definition) is 2. The second-order valence-electron chi connectivity index (χ2n) is 4.72. The number of benzene rings is 1. The Hall–Kier alpha value is -1.25. The van der Waals surface area contributed by atoms with Crippen LogP contribution >= 0.6 is 11.8 Å². The van der Waals surface area contributed by atoms with Gasteiger partial charge in [-0.05, 0) is 6.42 Å². The summed E-state index contributed by atoms with van der Waals surface area (Å²) in [5.41, 5.74) is 0.322. The second kappa shape index (κ2) is 8.03. The fourth-order valence-corrected chi connectivity index (χ4v) is 2.47. The van der Waals surface area contributed by atoms with Gasteiger partial charge in [0.1, 0.15) is 6.17 Å². The summed E-state index contributed by atoms with van der Waals surface area (Å²) >= 11 is 0.638. The molecule has 0 spiro atoms. The lowest BCUT2D eigenvalue weighted by Gasteiger charge is -2.26. The van der Waals surface area contributed by atoms with E-state index in [1.54, 1.807) is 18.2 Å². The zero-order chi connectivity index (χ0) is 17.7. The van der Waals surface area contributed by atoms with E-state index in [1.165, 1.54) is 12.1 Å². The number of thioether (sulfide) groups is 1. The van der Waals surface area contributed by atoms with Gasteiger partial charge in [0.2, 0.25) is 5.12 Å². The van der Waals surface area contributed by atoms with Crippen LogP contribution in [0, 0.1) is 0 Å². The molecular formula is C14H13F7OS. The molecule has 0 aliphatic carbocycles. The zero-order valence-electron chi connectivity index (χ0n) is 11.6. The maximum absolute atomic E-state index is 13.4. The van der Waals surface area contributed by atoms with Gasteiger partial charge in [0.25, 0.3) is 0 Å². The van der Waals surface area contributed by atoms with Gasteiger partial charge in [-0.25, -0.2) is 13.2 Å². The van der Waals surface area contributed by atoms with Gasteiger partial charge in [0, 0.05) is 17.7 Å². The van der Waals surface area contributed by atoms with Crippen LogP contribution in [-0.4, -0.2) is 35.3 Å². The topological polar surface area (TPSA) is 17.1 Å². The van der Waals surface area contributed by atoms with Gasteiger partial charge in [0.15, 0.2) is 0 Å². The van der Waals surface area contributed by atoms with Crippen molar-refractivity contribution in [3.05, 3.63) is 35.9 Å². The lowest BCUT2D eigenvalue weighted by Crippen LogP contribution is -2.47. The minimum absolute atomic E-state index is 0.231. The smallest absolute Gasteiger partial charge is 0.282 e. The third-order valence-electron chi connectivity index (χ3n) is 2.91. The molecular weight excluding hydrogens is 349 g/mol. The van der Waals surface area contributed by atoms with Crippen LogP contribution in [0.5, 0.6) is 0 Å². The van der Waals surface area contributed by atoms with Crippen LogP contribution in [0.3, 0.4) is 0 Å². The van der Waals surface area contributed by atoms with E-state index < -0.39 is 42.4 Å². The van der Waals surface area contributed by atoms with Crippen molar-refractivity contribution < 1.29 is 35.5 Å². The predicted octanol–water partition coefficient (Wildman–Crippen LogP) is 5.21. The molecule has 0 radical (unpaired) electrons. The van der Waals surface area contributed by atoms with Gasteiger partial charge < -0.3 is 0 Å². The molecule has 0 fully saturated rings. The average Bonchev–Trinajstić information content (AvgIpc) is 2.47. The zero-order valence-corrected chi connectivity index (χ0v) is 12.4. The predicted molar refractivity (Wildman–Crippen MR) is 73.3 cm³/mol. The molecule has 1 nitrogen and oxygen atoms in total. The number of carbonyl (C=O) groups is 1. The molecule has 0 amide bonds. The highest BCUT2D eigenvalue weighted by Crippen LogP contribution is 2.42. The molecule has 1 unspecified atom stereocenters. The molecule has 1 aromatic carbocycles. The number of hydrogen-bond donors (Lipinski definition) is 0. The summed E-state index contributed by atoms with van der Waals surface area (Å²) in [6.07, 6.45) is -9.66. The first-order valence-corrected chi connectivity index (χ1v) is 7.46. The Morgan fingerprint density at radius 2 is 1.61 bits per heavy atom. The summed E-state index contributed by atoms with van der Waals surface area (Å²) in [5.74, 6) is -11.0. The largest absolute Gasteiger partial charge is 0.369 e. The Kier molecular flexibility index (Phi) is 6.91. The molecule has 1 rings (SSSR count). The van der Waals surface area contributed by atoms with E-state index >= 15 is 0 Å². The van der Waals surface area contributed by atoms with Crippen LogP contribution in [0.25, 0.3) is 0 Å². The molecule has 0 saturated heterocycles. The molecule has 9 heteroatoms. The average molecular weight is 362 g/mol. The number of alkyl halides is 7. The Labute approximate surface area is 132 Å². The van der Waals surface area contributed by atoms with Crippen LogP contribution in [0.2, 0.25) is 0 Å². The Morgan fingerprint density at radius 3 is 2.13 bits per heavy atom. The minimum Gasteiger partial charge on any atom is -0.282 e. The normalized spacial score (nSPS) is 14.1. The van der Waals surface area contributed by atoms with E-state index in [2.05, 4.69) is 0 Å². The molecule has 0 aliphatic rings. The van der Waals surface area contributed by atoms with Gasteiger partial charge in [-0.15, -0.1) is 0 Å².